The fourth-order valence-electron chi connectivity index (χ4n) is 2.09. The minimum Gasteiger partial charge on any atom is -0.444 e. The Hall–Kier alpha value is -2.38. The van der Waals surface area contributed by atoms with Gasteiger partial charge in [0, 0.05) is 13.0 Å². The van der Waals surface area contributed by atoms with E-state index >= 15 is 0 Å². The van der Waals surface area contributed by atoms with Gasteiger partial charge in [-0.3, -0.25) is 10.1 Å². The van der Waals surface area contributed by atoms with E-state index in [1.54, 1.807) is 17.8 Å². The van der Waals surface area contributed by atoms with Crippen molar-refractivity contribution in [2.75, 3.05) is 5.32 Å². The van der Waals surface area contributed by atoms with Gasteiger partial charge in [0.1, 0.15) is 11.5 Å². The Balaban J connectivity index is 2.22. The molecule has 2 aromatic heterocycles. The highest BCUT2D eigenvalue weighted by atomic mass is 16.6. The molecular formula is C13H19N5O3. The van der Waals surface area contributed by atoms with Gasteiger partial charge >= 0.3 is 5.69 Å². The molecule has 0 saturated carbocycles. The van der Waals surface area contributed by atoms with Gasteiger partial charge in [-0.2, -0.15) is 5.10 Å². The molecule has 8 heteroatoms. The molecule has 114 valence electrons. The molecule has 2 heterocycles. The number of rotatable bonds is 7. The molecule has 0 atom stereocenters. The molecule has 0 unspecified atom stereocenters. The maximum Gasteiger partial charge on any atom is 0.333 e. The van der Waals surface area contributed by atoms with Crippen molar-refractivity contribution in [2.45, 2.75) is 46.7 Å². The Bertz CT molecular complexity index is 632. The minimum absolute atomic E-state index is 0.00530. The summed E-state index contributed by atoms with van der Waals surface area (Å²) in [4.78, 5) is 14.9. The van der Waals surface area contributed by atoms with Crippen LogP contribution in [0.3, 0.4) is 0 Å². The van der Waals surface area contributed by atoms with Gasteiger partial charge in [-0.25, -0.2) is 9.67 Å². The first-order chi connectivity index (χ1) is 10.1. The molecule has 2 aromatic rings. The molecule has 0 saturated heterocycles. The molecule has 0 aliphatic heterocycles. The number of aromatic nitrogens is 3. The van der Waals surface area contributed by atoms with Crippen molar-refractivity contribution < 1.29 is 9.34 Å². The van der Waals surface area contributed by atoms with Crippen LogP contribution in [0.4, 0.5) is 11.5 Å². The Morgan fingerprint density at radius 1 is 1.48 bits per heavy atom. The predicted octanol–water partition coefficient (Wildman–Crippen LogP) is 2.67. The third-order valence-corrected chi connectivity index (χ3v) is 3.07. The maximum atomic E-state index is 11.2. The lowest BCUT2D eigenvalue weighted by molar-refractivity contribution is -0.384. The molecule has 21 heavy (non-hydrogen) atoms. The Morgan fingerprint density at radius 2 is 2.24 bits per heavy atom. The summed E-state index contributed by atoms with van der Waals surface area (Å²) < 4.78 is 7.11. The normalized spacial score (nSPS) is 10.8. The number of nitro groups is 1. The standard InChI is InChI=1S/C13H19N5O3/c1-4-6-17-13(12(18(19)20)9(3)16-17)15-8-11-14-7-10(5-2)21-11/h7,15H,4-6,8H2,1-3H3. The molecule has 8 nitrogen and oxygen atoms in total. The van der Waals surface area contributed by atoms with Crippen LogP contribution in [0, 0.1) is 17.0 Å². The van der Waals surface area contributed by atoms with Crippen molar-refractivity contribution in [3.05, 3.63) is 33.7 Å². The van der Waals surface area contributed by atoms with Crippen LogP contribution < -0.4 is 5.32 Å². The summed E-state index contributed by atoms with van der Waals surface area (Å²) in [5.74, 6) is 1.69. The lowest BCUT2D eigenvalue weighted by Crippen LogP contribution is -2.09. The van der Waals surface area contributed by atoms with E-state index in [0.717, 1.165) is 18.6 Å². The van der Waals surface area contributed by atoms with E-state index in [0.29, 0.717) is 23.9 Å². The summed E-state index contributed by atoms with van der Waals surface area (Å²) in [6, 6.07) is 0. The molecule has 0 spiro atoms. The summed E-state index contributed by atoms with van der Waals surface area (Å²) in [6.07, 6.45) is 3.27. The van der Waals surface area contributed by atoms with E-state index in [1.807, 2.05) is 13.8 Å². The molecular weight excluding hydrogens is 274 g/mol. The Kier molecular flexibility index (Phi) is 4.56. The minimum atomic E-state index is -0.413. The molecule has 0 aromatic carbocycles. The number of nitrogens with one attached hydrogen (secondary N) is 1. The van der Waals surface area contributed by atoms with Crippen LogP contribution in [0.25, 0.3) is 0 Å². The van der Waals surface area contributed by atoms with Gasteiger partial charge in [0.25, 0.3) is 0 Å². The summed E-state index contributed by atoms with van der Waals surface area (Å²) in [5.41, 5.74) is 0.406. The van der Waals surface area contributed by atoms with Crippen LogP contribution >= 0.6 is 0 Å². The SMILES string of the molecule is CCCn1nc(C)c([N+](=O)[O-])c1NCc1ncc(CC)o1. The molecule has 0 amide bonds. The number of hydrogen-bond acceptors (Lipinski definition) is 6. The van der Waals surface area contributed by atoms with E-state index in [2.05, 4.69) is 15.4 Å². The zero-order valence-corrected chi connectivity index (χ0v) is 12.4. The first-order valence-electron chi connectivity index (χ1n) is 6.96. The molecule has 0 bridgehead atoms. The molecule has 0 radical (unpaired) electrons. The summed E-state index contributed by atoms with van der Waals surface area (Å²) in [7, 11) is 0. The van der Waals surface area contributed by atoms with Crippen molar-refractivity contribution in [2.24, 2.45) is 0 Å². The second-order valence-electron chi connectivity index (χ2n) is 4.69. The lowest BCUT2D eigenvalue weighted by atomic mass is 10.4. The highest BCUT2D eigenvalue weighted by Crippen LogP contribution is 2.28. The van der Waals surface area contributed by atoms with E-state index < -0.39 is 4.92 Å². The second kappa shape index (κ2) is 6.38. The number of anilines is 1. The third-order valence-electron chi connectivity index (χ3n) is 3.07. The maximum absolute atomic E-state index is 11.2. The van der Waals surface area contributed by atoms with Crippen LogP contribution in [0.5, 0.6) is 0 Å². The van der Waals surface area contributed by atoms with Gasteiger partial charge in [-0.1, -0.05) is 13.8 Å². The highest BCUT2D eigenvalue weighted by molar-refractivity contribution is 5.59. The van der Waals surface area contributed by atoms with Crippen molar-refractivity contribution in [3.63, 3.8) is 0 Å². The van der Waals surface area contributed by atoms with Crippen LogP contribution in [0.15, 0.2) is 10.6 Å². The van der Waals surface area contributed by atoms with E-state index in [1.165, 1.54) is 0 Å². The van der Waals surface area contributed by atoms with Crippen LogP contribution in [-0.2, 0) is 19.5 Å². The monoisotopic (exact) mass is 293 g/mol. The molecule has 0 fully saturated rings. The Morgan fingerprint density at radius 3 is 2.81 bits per heavy atom. The Labute approximate surface area is 122 Å². The number of hydrogen-bond donors (Lipinski definition) is 1. The largest absolute Gasteiger partial charge is 0.444 e. The average molecular weight is 293 g/mol. The summed E-state index contributed by atoms with van der Waals surface area (Å²) in [6.45, 7) is 6.50. The number of nitrogens with zero attached hydrogens (tertiary/aromatic N) is 4. The number of oxazole rings is 1. The van der Waals surface area contributed by atoms with Gasteiger partial charge < -0.3 is 9.73 Å². The molecule has 2 rings (SSSR count). The zero-order chi connectivity index (χ0) is 15.4. The average Bonchev–Trinajstić information content (AvgIpc) is 3.01. The number of aryl methyl sites for hydroxylation is 3. The van der Waals surface area contributed by atoms with E-state index in [9.17, 15) is 10.1 Å². The summed E-state index contributed by atoms with van der Waals surface area (Å²) in [5, 5.41) is 18.4. The highest BCUT2D eigenvalue weighted by Gasteiger charge is 2.25. The van der Waals surface area contributed by atoms with Crippen molar-refractivity contribution in [3.8, 4) is 0 Å². The first-order valence-corrected chi connectivity index (χ1v) is 6.96. The fraction of sp³-hybridized carbons (Fsp3) is 0.538. The zero-order valence-electron chi connectivity index (χ0n) is 12.4. The lowest BCUT2D eigenvalue weighted by Gasteiger charge is -2.06. The van der Waals surface area contributed by atoms with E-state index in [4.69, 9.17) is 4.42 Å². The van der Waals surface area contributed by atoms with Crippen molar-refractivity contribution in [1.82, 2.24) is 14.8 Å². The summed E-state index contributed by atoms with van der Waals surface area (Å²) >= 11 is 0. The van der Waals surface area contributed by atoms with Crippen LogP contribution in [0.1, 0.15) is 37.6 Å². The second-order valence-corrected chi connectivity index (χ2v) is 4.69. The predicted molar refractivity (Wildman–Crippen MR) is 77.1 cm³/mol. The molecule has 1 N–H and O–H groups in total. The topological polar surface area (TPSA) is 99.0 Å². The fourth-order valence-corrected chi connectivity index (χ4v) is 2.09. The smallest absolute Gasteiger partial charge is 0.333 e. The van der Waals surface area contributed by atoms with Crippen LogP contribution in [0.2, 0.25) is 0 Å². The van der Waals surface area contributed by atoms with Gasteiger partial charge in [0.2, 0.25) is 11.7 Å². The van der Waals surface area contributed by atoms with Gasteiger partial charge in [0.15, 0.2) is 0 Å². The van der Waals surface area contributed by atoms with Gasteiger partial charge in [-0.15, -0.1) is 0 Å². The first kappa shape index (κ1) is 15.0. The van der Waals surface area contributed by atoms with Crippen molar-refractivity contribution in [1.29, 1.82) is 0 Å². The van der Waals surface area contributed by atoms with Gasteiger partial charge in [0.05, 0.1) is 17.7 Å². The molecule has 0 aliphatic carbocycles. The van der Waals surface area contributed by atoms with Crippen molar-refractivity contribution >= 4 is 11.5 Å². The van der Waals surface area contributed by atoms with Gasteiger partial charge in [-0.05, 0) is 13.3 Å². The van der Waals surface area contributed by atoms with Crippen LogP contribution in [-0.4, -0.2) is 19.7 Å². The van der Waals surface area contributed by atoms with E-state index in [-0.39, 0.29) is 12.2 Å². The quantitative estimate of drug-likeness (QED) is 0.622. The molecule has 0 aliphatic rings. The third kappa shape index (κ3) is 3.21.